The van der Waals surface area contributed by atoms with E-state index in [0.717, 1.165) is 0 Å². The van der Waals surface area contributed by atoms with E-state index in [9.17, 15) is 17.6 Å². The predicted molar refractivity (Wildman–Crippen MR) is 69.2 cm³/mol. The number of ether oxygens (including phenoxy) is 1. The van der Waals surface area contributed by atoms with Gasteiger partial charge in [0.2, 0.25) is 0 Å². The lowest BCUT2D eigenvalue weighted by molar-refractivity contribution is -0.173. The topological polar surface area (TPSA) is 38.5 Å². The highest BCUT2D eigenvalue weighted by Gasteiger charge is 2.27. The first kappa shape index (κ1) is 16.7. The molecule has 0 aliphatic carbocycles. The molecule has 0 radical (unpaired) electrons. The highest BCUT2D eigenvalue weighted by Crippen LogP contribution is 2.17. The van der Waals surface area contributed by atoms with Crippen LogP contribution in [-0.2, 0) is 4.74 Å². The van der Waals surface area contributed by atoms with E-state index in [1.807, 2.05) is 0 Å². The summed E-state index contributed by atoms with van der Waals surface area (Å²) >= 11 is 0. The molecule has 1 aromatic rings. The lowest BCUT2D eigenvalue weighted by Crippen LogP contribution is -2.31. The molecule has 0 aliphatic heterocycles. The van der Waals surface area contributed by atoms with E-state index >= 15 is 0 Å². The van der Waals surface area contributed by atoms with Gasteiger partial charge in [-0.25, -0.2) is 4.39 Å². The van der Waals surface area contributed by atoms with Crippen molar-refractivity contribution in [3.05, 3.63) is 30.1 Å². The Morgan fingerprint density at radius 2 is 1.95 bits per heavy atom. The average molecular weight is 294 g/mol. The number of alkyl halides is 3. The first-order valence-corrected chi connectivity index (χ1v) is 6.27. The van der Waals surface area contributed by atoms with Gasteiger partial charge in [0.05, 0.1) is 6.61 Å². The summed E-state index contributed by atoms with van der Waals surface area (Å²) in [5, 5.41) is 0. The molecule has 0 aliphatic rings. The van der Waals surface area contributed by atoms with Gasteiger partial charge in [-0.3, -0.25) is 0 Å². The van der Waals surface area contributed by atoms with Crippen LogP contribution in [0.3, 0.4) is 0 Å². The van der Waals surface area contributed by atoms with E-state index in [1.165, 1.54) is 12.1 Å². The second-order valence-electron chi connectivity index (χ2n) is 4.28. The minimum atomic E-state index is -4.33. The minimum absolute atomic E-state index is 0.0827. The van der Waals surface area contributed by atoms with Gasteiger partial charge in [-0.15, -0.1) is 0 Å². The van der Waals surface area contributed by atoms with Crippen molar-refractivity contribution in [1.29, 1.82) is 0 Å². The molecular weight excluding hydrogens is 276 g/mol. The van der Waals surface area contributed by atoms with Crippen LogP contribution in [0.25, 0.3) is 0 Å². The van der Waals surface area contributed by atoms with Crippen molar-refractivity contribution >= 4 is 5.69 Å². The Balaban J connectivity index is 2.52. The van der Waals surface area contributed by atoms with Crippen LogP contribution >= 0.6 is 0 Å². The molecule has 0 bridgehead atoms. The molecule has 0 aromatic heterocycles. The number of benzene rings is 1. The van der Waals surface area contributed by atoms with Gasteiger partial charge in [0.25, 0.3) is 0 Å². The van der Waals surface area contributed by atoms with Gasteiger partial charge in [0.1, 0.15) is 12.4 Å². The van der Waals surface area contributed by atoms with Gasteiger partial charge >= 0.3 is 6.18 Å². The summed E-state index contributed by atoms with van der Waals surface area (Å²) in [4.78, 5) is 1.76. The Labute approximate surface area is 115 Å². The Morgan fingerprint density at radius 1 is 1.20 bits per heavy atom. The van der Waals surface area contributed by atoms with E-state index in [2.05, 4.69) is 4.74 Å². The van der Waals surface area contributed by atoms with Crippen LogP contribution in [-0.4, -0.2) is 39.0 Å². The maximum absolute atomic E-state index is 13.2. The summed E-state index contributed by atoms with van der Waals surface area (Å²) < 4.78 is 53.6. The third-order valence-corrected chi connectivity index (χ3v) is 2.58. The summed E-state index contributed by atoms with van der Waals surface area (Å²) in [5.41, 5.74) is 6.02. The number of halogens is 4. The van der Waals surface area contributed by atoms with E-state index in [-0.39, 0.29) is 13.2 Å². The van der Waals surface area contributed by atoms with Crippen molar-refractivity contribution < 1.29 is 22.3 Å². The van der Waals surface area contributed by atoms with Gasteiger partial charge in [0.15, 0.2) is 0 Å². The second kappa shape index (κ2) is 8.06. The number of nitrogens with two attached hydrogens (primary N) is 1. The molecule has 1 aromatic carbocycles. The van der Waals surface area contributed by atoms with Crippen LogP contribution in [0.15, 0.2) is 24.3 Å². The number of rotatable bonds is 8. The first-order chi connectivity index (χ1) is 9.42. The summed E-state index contributed by atoms with van der Waals surface area (Å²) in [5.74, 6) is -0.392. The smallest absolute Gasteiger partial charge is 0.370 e. The van der Waals surface area contributed by atoms with Crippen LogP contribution in [0, 0.1) is 5.82 Å². The Morgan fingerprint density at radius 3 is 2.55 bits per heavy atom. The third-order valence-electron chi connectivity index (χ3n) is 2.58. The zero-order valence-corrected chi connectivity index (χ0v) is 11.0. The molecule has 1 rings (SSSR count). The van der Waals surface area contributed by atoms with E-state index in [1.54, 1.807) is 17.0 Å². The number of hydrogen-bond acceptors (Lipinski definition) is 3. The molecule has 0 saturated carbocycles. The van der Waals surface area contributed by atoms with Gasteiger partial charge in [-0.2, -0.15) is 13.2 Å². The van der Waals surface area contributed by atoms with Gasteiger partial charge in [0, 0.05) is 18.8 Å². The molecule has 0 saturated heterocycles. The van der Waals surface area contributed by atoms with Crippen LogP contribution < -0.4 is 10.6 Å². The van der Waals surface area contributed by atoms with Gasteiger partial charge < -0.3 is 15.4 Å². The highest BCUT2D eigenvalue weighted by atomic mass is 19.4. The lowest BCUT2D eigenvalue weighted by Gasteiger charge is -2.24. The Bertz CT molecular complexity index is 398. The average Bonchev–Trinajstić information content (AvgIpc) is 2.36. The van der Waals surface area contributed by atoms with Crippen molar-refractivity contribution in [2.24, 2.45) is 5.73 Å². The first-order valence-electron chi connectivity index (χ1n) is 6.27. The molecule has 2 N–H and O–H groups in total. The second-order valence-corrected chi connectivity index (χ2v) is 4.28. The molecule has 3 nitrogen and oxygen atoms in total. The Kier molecular flexibility index (Phi) is 6.74. The summed E-state index contributed by atoms with van der Waals surface area (Å²) in [6.45, 7) is -0.119. The summed E-state index contributed by atoms with van der Waals surface area (Å²) in [7, 11) is 0. The SMILES string of the molecule is NCCCN(CCOCC(F)(F)F)c1cccc(F)c1. The fraction of sp³-hybridized carbons (Fsp3) is 0.538. The largest absolute Gasteiger partial charge is 0.411 e. The maximum Gasteiger partial charge on any atom is 0.411 e. The minimum Gasteiger partial charge on any atom is -0.370 e. The van der Waals surface area contributed by atoms with Crippen LogP contribution in [0.1, 0.15) is 6.42 Å². The predicted octanol–water partition coefficient (Wildman–Crippen LogP) is 2.56. The summed E-state index contributed by atoms with van der Waals surface area (Å²) in [6, 6.07) is 5.89. The third kappa shape index (κ3) is 6.72. The summed E-state index contributed by atoms with van der Waals surface area (Å²) in [6.07, 6.45) is -3.67. The molecule has 20 heavy (non-hydrogen) atoms. The molecule has 0 amide bonds. The number of anilines is 1. The van der Waals surface area contributed by atoms with Crippen molar-refractivity contribution in [1.82, 2.24) is 0 Å². The molecule has 0 unspecified atom stereocenters. The maximum atomic E-state index is 13.2. The zero-order valence-electron chi connectivity index (χ0n) is 11.0. The zero-order chi connectivity index (χ0) is 15.0. The lowest BCUT2D eigenvalue weighted by atomic mass is 10.2. The molecule has 7 heteroatoms. The van der Waals surface area contributed by atoms with Crippen molar-refractivity contribution in [3.8, 4) is 0 Å². The van der Waals surface area contributed by atoms with Gasteiger partial charge in [-0.05, 0) is 31.2 Å². The standard InChI is InChI=1S/C13H18F4N2O/c14-11-3-1-4-12(9-11)19(6-2-5-18)7-8-20-10-13(15,16)17/h1,3-4,9H,2,5-8,10,18H2. The van der Waals surface area contributed by atoms with E-state index in [0.29, 0.717) is 25.2 Å². The van der Waals surface area contributed by atoms with E-state index < -0.39 is 18.6 Å². The van der Waals surface area contributed by atoms with Crippen molar-refractivity contribution in [2.45, 2.75) is 12.6 Å². The van der Waals surface area contributed by atoms with E-state index in [4.69, 9.17) is 5.73 Å². The quantitative estimate of drug-likeness (QED) is 0.591. The van der Waals surface area contributed by atoms with Gasteiger partial charge in [-0.1, -0.05) is 6.07 Å². The van der Waals surface area contributed by atoms with Crippen molar-refractivity contribution in [2.75, 3.05) is 37.7 Å². The molecule has 0 atom stereocenters. The number of hydrogen-bond donors (Lipinski definition) is 1. The molecule has 0 spiro atoms. The number of nitrogens with zero attached hydrogens (tertiary/aromatic N) is 1. The van der Waals surface area contributed by atoms with Crippen LogP contribution in [0.2, 0.25) is 0 Å². The fourth-order valence-electron chi connectivity index (χ4n) is 1.69. The van der Waals surface area contributed by atoms with Crippen LogP contribution in [0.5, 0.6) is 0 Å². The Hall–Kier alpha value is -1.34. The van der Waals surface area contributed by atoms with Crippen LogP contribution in [0.4, 0.5) is 23.2 Å². The molecular formula is C13H18F4N2O. The molecule has 0 heterocycles. The highest BCUT2D eigenvalue weighted by molar-refractivity contribution is 5.46. The molecule has 0 fully saturated rings. The molecule has 114 valence electrons. The monoisotopic (exact) mass is 294 g/mol. The fourth-order valence-corrected chi connectivity index (χ4v) is 1.69. The van der Waals surface area contributed by atoms with Crippen molar-refractivity contribution in [3.63, 3.8) is 0 Å². The normalized spacial score (nSPS) is 11.7.